The lowest BCUT2D eigenvalue weighted by Gasteiger charge is -2.16. The van der Waals surface area contributed by atoms with Gasteiger partial charge < -0.3 is 4.79 Å². The van der Waals surface area contributed by atoms with E-state index in [9.17, 15) is 4.79 Å². The maximum atomic E-state index is 10.6. The lowest BCUT2D eigenvalue weighted by molar-refractivity contribution is -0.111. The average molecular weight is 174 g/mol. The zero-order chi connectivity index (χ0) is 8.69. The molecule has 0 N–H and O–H groups in total. The molecule has 2 heteroatoms. The van der Waals surface area contributed by atoms with Crippen molar-refractivity contribution in [2.75, 3.05) is 5.75 Å². The minimum atomic E-state index is 0.268. The van der Waals surface area contributed by atoms with Crippen molar-refractivity contribution in [3.63, 3.8) is 0 Å². The molecule has 0 saturated carbocycles. The van der Waals surface area contributed by atoms with E-state index in [1.165, 1.54) is 0 Å². The van der Waals surface area contributed by atoms with Crippen LogP contribution in [0.2, 0.25) is 0 Å². The second-order valence-electron chi connectivity index (χ2n) is 2.75. The number of thioether (sulfide) groups is 1. The van der Waals surface area contributed by atoms with Gasteiger partial charge in [0.2, 0.25) is 0 Å². The van der Waals surface area contributed by atoms with Gasteiger partial charge in [0.15, 0.2) is 0 Å². The summed E-state index contributed by atoms with van der Waals surface area (Å²) in [5.41, 5.74) is 0. The molecule has 0 rings (SSSR count). The third-order valence-electron chi connectivity index (χ3n) is 1.83. The van der Waals surface area contributed by atoms with Crippen LogP contribution in [0.3, 0.4) is 0 Å². The van der Waals surface area contributed by atoms with Crippen molar-refractivity contribution < 1.29 is 4.79 Å². The third-order valence-corrected chi connectivity index (χ3v) is 3.04. The number of aldehydes is 1. The van der Waals surface area contributed by atoms with Crippen LogP contribution in [0.25, 0.3) is 0 Å². The van der Waals surface area contributed by atoms with Crippen molar-refractivity contribution in [3.05, 3.63) is 0 Å². The standard InChI is InChI=1S/C9H18OS/c1-4-6-9(7-10)8(3)11-5-2/h7-9H,4-6H2,1-3H3. The van der Waals surface area contributed by atoms with E-state index in [1.54, 1.807) is 0 Å². The molecule has 0 bridgehead atoms. The van der Waals surface area contributed by atoms with Gasteiger partial charge >= 0.3 is 0 Å². The van der Waals surface area contributed by atoms with Gasteiger partial charge in [-0.3, -0.25) is 0 Å². The maximum Gasteiger partial charge on any atom is 0.124 e. The quantitative estimate of drug-likeness (QED) is 0.576. The average Bonchev–Trinajstić information content (AvgIpc) is 2.00. The molecule has 2 atom stereocenters. The Hall–Kier alpha value is 0.0200. The zero-order valence-electron chi connectivity index (χ0n) is 7.67. The van der Waals surface area contributed by atoms with Crippen LogP contribution in [0, 0.1) is 5.92 Å². The summed E-state index contributed by atoms with van der Waals surface area (Å²) < 4.78 is 0. The topological polar surface area (TPSA) is 17.1 Å². The lowest BCUT2D eigenvalue weighted by Crippen LogP contribution is -2.15. The van der Waals surface area contributed by atoms with Crippen LogP contribution in [0.4, 0.5) is 0 Å². The van der Waals surface area contributed by atoms with Crippen LogP contribution in [0.1, 0.15) is 33.6 Å². The molecular weight excluding hydrogens is 156 g/mol. The van der Waals surface area contributed by atoms with Crippen LogP contribution in [-0.2, 0) is 4.79 Å². The van der Waals surface area contributed by atoms with E-state index in [-0.39, 0.29) is 5.92 Å². The van der Waals surface area contributed by atoms with E-state index in [0.29, 0.717) is 5.25 Å². The Balaban J connectivity index is 3.70. The SMILES string of the molecule is CCCC(C=O)C(C)SCC. The molecule has 0 amide bonds. The molecule has 0 aromatic carbocycles. The van der Waals surface area contributed by atoms with E-state index in [1.807, 2.05) is 11.8 Å². The van der Waals surface area contributed by atoms with Crippen LogP contribution < -0.4 is 0 Å². The van der Waals surface area contributed by atoms with E-state index in [0.717, 1.165) is 24.9 Å². The second kappa shape index (κ2) is 6.71. The van der Waals surface area contributed by atoms with Gasteiger partial charge in [0, 0.05) is 11.2 Å². The lowest BCUT2D eigenvalue weighted by atomic mass is 10.0. The first-order valence-corrected chi connectivity index (χ1v) is 5.38. The molecule has 0 aromatic rings. The second-order valence-corrected chi connectivity index (χ2v) is 4.40. The summed E-state index contributed by atoms with van der Waals surface area (Å²) in [6.45, 7) is 6.40. The maximum absolute atomic E-state index is 10.6. The number of carbonyl (C=O) groups excluding carboxylic acids is 1. The Morgan fingerprint density at radius 3 is 2.45 bits per heavy atom. The minimum Gasteiger partial charge on any atom is -0.303 e. The van der Waals surface area contributed by atoms with Crippen LogP contribution in [0.5, 0.6) is 0 Å². The molecule has 0 radical (unpaired) electrons. The van der Waals surface area contributed by atoms with Gasteiger partial charge in [-0.15, -0.1) is 0 Å². The highest BCUT2D eigenvalue weighted by Crippen LogP contribution is 2.21. The Bertz CT molecular complexity index is 104. The summed E-state index contributed by atoms with van der Waals surface area (Å²) in [5.74, 6) is 1.37. The van der Waals surface area contributed by atoms with E-state index in [2.05, 4.69) is 20.8 Å². The van der Waals surface area contributed by atoms with Gasteiger partial charge in [0.25, 0.3) is 0 Å². The number of hydrogen-bond donors (Lipinski definition) is 0. The summed E-state index contributed by atoms with van der Waals surface area (Å²) in [6, 6.07) is 0. The van der Waals surface area contributed by atoms with Crippen molar-refractivity contribution in [2.45, 2.75) is 38.9 Å². The van der Waals surface area contributed by atoms with Crippen molar-refractivity contribution >= 4 is 18.0 Å². The normalized spacial score (nSPS) is 15.9. The molecule has 11 heavy (non-hydrogen) atoms. The van der Waals surface area contributed by atoms with E-state index < -0.39 is 0 Å². The monoisotopic (exact) mass is 174 g/mol. The Morgan fingerprint density at radius 1 is 1.45 bits per heavy atom. The van der Waals surface area contributed by atoms with Crippen molar-refractivity contribution in [3.8, 4) is 0 Å². The first kappa shape index (κ1) is 11.0. The number of hydrogen-bond acceptors (Lipinski definition) is 2. The van der Waals surface area contributed by atoms with Gasteiger partial charge in [-0.2, -0.15) is 11.8 Å². The predicted molar refractivity (Wildman–Crippen MR) is 52.1 cm³/mol. The number of rotatable bonds is 6. The summed E-state index contributed by atoms with van der Waals surface area (Å²) in [6.07, 6.45) is 3.26. The summed E-state index contributed by atoms with van der Waals surface area (Å²) in [5, 5.41) is 0.498. The molecule has 0 aliphatic heterocycles. The smallest absolute Gasteiger partial charge is 0.124 e. The third kappa shape index (κ3) is 4.46. The first-order valence-electron chi connectivity index (χ1n) is 4.33. The largest absolute Gasteiger partial charge is 0.303 e. The van der Waals surface area contributed by atoms with Crippen molar-refractivity contribution in [1.82, 2.24) is 0 Å². The van der Waals surface area contributed by atoms with Gasteiger partial charge in [-0.05, 0) is 12.2 Å². The minimum absolute atomic E-state index is 0.268. The molecule has 0 aromatic heterocycles. The molecule has 0 saturated heterocycles. The van der Waals surface area contributed by atoms with Crippen LogP contribution in [0.15, 0.2) is 0 Å². The van der Waals surface area contributed by atoms with Crippen LogP contribution in [-0.4, -0.2) is 17.3 Å². The fourth-order valence-corrected chi connectivity index (χ4v) is 2.11. The highest BCUT2D eigenvalue weighted by molar-refractivity contribution is 7.99. The Labute approximate surface area is 73.9 Å². The molecule has 66 valence electrons. The Morgan fingerprint density at radius 2 is 2.09 bits per heavy atom. The first-order chi connectivity index (χ1) is 5.26. The summed E-state index contributed by atoms with van der Waals surface area (Å²) in [4.78, 5) is 10.6. The van der Waals surface area contributed by atoms with E-state index in [4.69, 9.17) is 0 Å². The van der Waals surface area contributed by atoms with E-state index >= 15 is 0 Å². The molecule has 0 aliphatic rings. The highest BCUT2D eigenvalue weighted by Gasteiger charge is 2.14. The van der Waals surface area contributed by atoms with Gasteiger partial charge in [-0.25, -0.2) is 0 Å². The molecular formula is C9H18OS. The molecule has 2 unspecified atom stereocenters. The fourth-order valence-electron chi connectivity index (χ4n) is 1.13. The number of carbonyl (C=O) groups is 1. The van der Waals surface area contributed by atoms with Gasteiger partial charge in [0.05, 0.1) is 0 Å². The summed E-state index contributed by atoms with van der Waals surface area (Å²) in [7, 11) is 0. The molecule has 0 aliphatic carbocycles. The van der Waals surface area contributed by atoms with Crippen LogP contribution >= 0.6 is 11.8 Å². The molecule has 1 nitrogen and oxygen atoms in total. The van der Waals surface area contributed by atoms with Crippen molar-refractivity contribution in [1.29, 1.82) is 0 Å². The summed E-state index contributed by atoms with van der Waals surface area (Å²) >= 11 is 1.87. The molecule has 0 spiro atoms. The van der Waals surface area contributed by atoms with Crippen molar-refractivity contribution in [2.24, 2.45) is 5.92 Å². The van der Waals surface area contributed by atoms with Gasteiger partial charge in [0.1, 0.15) is 6.29 Å². The predicted octanol–water partition coefficient (Wildman–Crippen LogP) is 2.74. The zero-order valence-corrected chi connectivity index (χ0v) is 8.49. The van der Waals surface area contributed by atoms with Gasteiger partial charge in [-0.1, -0.05) is 27.2 Å². The molecule has 0 heterocycles. The molecule has 0 fully saturated rings. The highest BCUT2D eigenvalue weighted by atomic mass is 32.2. The fraction of sp³-hybridized carbons (Fsp3) is 0.889. The Kier molecular flexibility index (Phi) is 6.73.